The molecule has 5 heteroatoms. The lowest BCUT2D eigenvalue weighted by atomic mass is 10.3. The van der Waals surface area contributed by atoms with E-state index >= 15 is 0 Å². The van der Waals surface area contributed by atoms with E-state index in [1.807, 2.05) is 54.6 Å². The van der Waals surface area contributed by atoms with Gasteiger partial charge in [0, 0.05) is 12.1 Å². The standard InChI is InChI=1S/C17H14N2O2S/c20-16-15(10-11-21-16)22-17-18-13-8-4-5-9-14(13)19(17)12-6-2-1-3-7-12/h1-9,15H,10-11H2/t15-/m1/s1. The van der Waals surface area contributed by atoms with Crippen molar-refractivity contribution in [3.05, 3.63) is 54.6 Å². The minimum absolute atomic E-state index is 0.142. The van der Waals surface area contributed by atoms with Crippen LogP contribution in [-0.2, 0) is 9.53 Å². The third-order valence-corrected chi connectivity index (χ3v) is 4.88. The van der Waals surface area contributed by atoms with Gasteiger partial charge in [0.05, 0.1) is 17.6 Å². The van der Waals surface area contributed by atoms with Crippen molar-refractivity contribution in [2.24, 2.45) is 0 Å². The Bertz CT molecular complexity index is 829. The Balaban J connectivity index is 1.85. The molecule has 2 heterocycles. The molecule has 0 N–H and O–H groups in total. The third kappa shape index (κ3) is 2.27. The summed E-state index contributed by atoms with van der Waals surface area (Å²) >= 11 is 1.48. The fourth-order valence-corrected chi connectivity index (χ4v) is 3.71. The first-order valence-electron chi connectivity index (χ1n) is 7.19. The second-order valence-electron chi connectivity index (χ2n) is 5.12. The van der Waals surface area contributed by atoms with Crippen LogP contribution < -0.4 is 0 Å². The molecule has 0 unspecified atom stereocenters. The van der Waals surface area contributed by atoms with Gasteiger partial charge in [-0.05, 0) is 24.3 Å². The number of carbonyl (C=O) groups is 1. The van der Waals surface area contributed by atoms with Gasteiger partial charge in [0.1, 0.15) is 5.25 Å². The molecule has 0 amide bonds. The Morgan fingerprint density at radius 3 is 2.64 bits per heavy atom. The van der Waals surface area contributed by atoms with Gasteiger partial charge < -0.3 is 4.74 Å². The number of carbonyl (C=O) groups excluding carboxylic acids is 1. The molecule has 0 bridgehead atoms. The number of nitrogens with zero attached hydrogens (tertiary/aromatic N) is 2. The van der Waals surface area contributed by atoms with E-state index in [0.29, 0.717) is 6.61 Å². The van der Waals surface area contributed by atoms with Crippen molar-refractivity contribution in [2.45, 2.75) is 16.8 Å². The maximum Gasteiger partial charge on any atom is 0.319 e. The number of thioether (sulfide) groups is 1. The number of benzene rings is 2. The van der Waals surface area contributed by atoms with Crippen molar-refractivity contribution in [1.82, 2.24) is 9.55 Å². The van der Waals surface area contributed by atoms with E-state index < -0.39 is 0 Å². The normalized spacial score (nSPS) is 17.8. The van der Waals surface area contributed by atoms with E-state index in [-0.39, 0.29) is 11.2 Å². The minimum atomic E-state index is -0.167. The van der Waals surface area contributed by atoms with Crippen molar-refractivity contribution < 1.29 is 9.53 Å². The molecule has 22 heavy (non-hydrogen) atoms. The quantitative estimate of drug-likeness (QED) is 0.695. The van der Waals surface area contributed by atoms with Crippen LogP contribution in [0.2, 0.25) is 0 Å². The highest BCUT2D eigenvalue weighted by Gasteiger charge is 2.29. The van der Waals surface area contributed by atoms with Crippen LogP contribution >= 0.6 is 11.8 Å². The summed E-state index contributed by atoms with van der Waals surface area (Å²) in [5, 5.41) is 0.663. The summed E-state index contributed by atoms with van der Waals surface area (Å²) < 4.78 is 7.16. The lowest BCUT2D eigenvalue weighted by Crippen LogP contribution is -2.11. The van der Waals surface area contributed by atoms with Gasteiger partial charge in [0.25, 0.3) is 0 Å². The number of hydrogen-bond donors (Lipinski definition) is 0. The molecule has 1 aromatic heterocycles. The van der Waals surface area contributed by atoms with Crippen LogP contribution in [0, 0.1) is 0 Å². The molecule has 4 nitrogen and oxygen atoms in total. The molecule has 0 spiro atoms. The second-order valence-corrected chi connectivity index (χ2v) is 6.29. The first-order valence-corrected chi connectivity index (χ1v) is 8.07. The van der Waals surface area contributed by atoms with E-state index in [1.165, 1.54) is 11.8 Å². The van der Waals surface area contributed by atoms with Crippen LogP contribution in [0.1, 0.15) is 6.42 Å². The molecule has 1 aliphatic rings. The Morgan fingerprint density at radius 1 is 1.09 bits per heavy atom. The van der Waals surface area contributed by atoms with Crippen molar-refractivity contribution in [3.63, 3.8) is 0 Å². The number of cyclic esters (lactones) is 1. The van der Waals surface area contributed by atoms with E-state index in [9.17, 15) is 4.79 Å². The average molecular weight is 310 g/mol. The molecular formula is C17H14N2O2S. The molecule has 2 aromatic carbocycles. The van der Waals surface area contributed by atoms with Crippen LogP contribution in [0.15, 0.2) is 59.8 Å². The summed E-state index contributed by atoms with van der Waals surface area (Å²) in [6, 6.07) is 18.1. The highest BCUT2D eigenvalue weighted by molar-refractivity contribution is 8.00. The molecule has 0 saturated carbocycles. The lowest BCUT2D eigenvalue weighted by Gasteiger charge is -2.10. The minimum Gasteiger partial charge on any atom is -0.465 e. The van der Waals surface area contributed by atoms with Gasteiger partial charge in [-0.2, -0.15) is 0 Å². The van der Waals surface area contributed by atoms with Crippen LogP contribution in [-0.4, -0.2) is 27.4 Å². The van der Waals surface area contributed by atoms with Crippen molar-refractivity contribution in [3.8, 4) is 5.69 Å². The predicted molar refractivity (Wildman–Crippen MR) is 86.3 cm³/mol. The molecular weight excluding hydrogens is 296 g/mol. The van der Waals surface area contributed by atoms with Crippen molar-refractivity contribution in [1.29, 1.82) is 0 Å². The van der Waals surface area contributed by atoms with Gasteiger partial charge in [0.15, 0.2) is 5.16 Å². The fourth-order valence-electron chi connectivity index (χ4n) is 2.62. The number of ether oxygens (including phenoxy) is 1. The Morgan fingerprint density at radius 2 is 1.86 bits per heavy atom. The number of imidazole rings is 1. The van der Waals surface area contributed by atoms with Crippen molar-refractivity contribution in [2.75, 3.05) is 6.61 Å². The van der Waals surface area contributed by atoms with E-state index in [1.54, 1.807) is 0 Å². The van der Waals surface area contributed by atoms with Crippen LogP contribution in [0.25, 0.3) is 16.7 Å². The average Bonchev–Trinajstić information content (AvgIpc) is 3.12. The zero-order valence-electron chi connectivity index (χ0n) is 11.8. The molecule has 0 aliphatic carbocycles. The third-order valence-electron chi connectivity index (χ3n) is 3.68. The Hall–Kier alpha value is -2.27. The summed E-state index contributed by atoms with van der Waals surface area (Å²) in [4.78, 5) is 16.5. The molecule has 1 saturated heterocycles. The maximum atomic E-state index is 11.8. The number of hydrogen-bond acceptors (Lipinski definition) is 4. The van der Waals surface area contributed by atoms with Gasteiger partial charge in [-0.3, -0.25) is 9.36 Å². The number of fused-ring (bicyclic) bond motifs is 1. The van der Waals surface area contributed by atoms with E-state index in [2.05, 4.69) is 4.57 Å². The number of esters is 1. The summed E-state index contributed by atoms with van der Waals surface area (Å²) in [6.45, 7) is 0.502. The molecule has 1 atom stereocenters. The summed E-state index contributed by atoms with van der Waals surface area (Å²) in [7, 11) is 0. The SMILES string of the molecule is O=C1OCC[C@H]1Sc1nc2ccccc2n1-c1ccccc1. The van der Waals surface area contributed by atoms with E-state index in [4.69, 9.17) is 9.72 Å². The number of para-hydroxylation sites is 3. The van der Waals surface area contributed by atoms with Gasteiger partial charge in [-0.15, -0.1) is 0 Å². The zero-order valence-corrected chi connectivity index (χ0v) is 12.6. The summed E-state index contributed by atoms with van der Waals surface area (Å²) in [5.74, 6) is -0.142. The first kappa shape index (κ1) is 13.4. The highest BCUT2D eigenvalue weighted by Crippen LogP contribution is 2.33. The molecule has 3 aromatic rings. The molecule has 1 aliphatic heterocycles. The van der Waals surface area contributed by atoms with Crippen LogP contribution in [0.4, 0.5) is 0 Å². The predicted octanol–water partition coefficient (Wildman–Crippen LogP) is 3.43. The highest BCUT2D eigenvalue weighted by atomic mass is 32.2. The number of rotatable bonds is 3. The largest absolute Gasteiger partial charge is 0.465 e. The summed E-state index contributed by atoms with van der Waals surface area (Å²) in [5.41, 5.74) is 3.02. The maximum absolute atomic E-state index is 11.8. The molecule has 0 radical (unpaired) electrons. The van der Waals surface area contributed by atoms with Crippen molar-refractivity contribution >= 4 is 28.8 Å². The lowest BCUT2D eigenvalue weighted by molar-refractivity contribution is -0.137. The van der Waals surface area contributed by atoms with Crippen LogP contribution in [0.5, 0.6) is 0 Å². The van der Waals surface area contributed by atoms with Gasteiger partial charge in [-0.25, -0.2) is 4.98 Å². The first-order chi connectivity index (χ1) is 10.8. The molecule has 110 valence electrons. The second kappa shape index (κ2) is 5.50. The topological polar surface area (TPSA) is 44.1 Å². The zero-order chi connectivity index (χ0) is 14.9. The Kier molecular flexibility index (Phi) is 3.35. The van der Waals surface area contributed by atoms with Gasteiger partial charge in [-0.1, -0.05) is 42.1 Å². The molecule has 4 rings (SSSR count). The smallest absolute Gasteiger partial charge is 0.319 e. The van der Waals surface area contributed by atoms with Gasteiger partial charge in [0.2, 0.25) is 0 Å². The van der Waals surface area contributed by atoms with E-state index in [0.717, 1.165) is 28.3 Å². The number of aromatic nitrogens is 2. The monoisotopic (exact) mass is 310 g/mol. The van der Waals surface area contributed by atoms with Gasteiger partial charge >= 0.3 is 5.97 Å². The van der Waals surface area contributed by atoms with Crippen LogP contribution in [0.3, 0.4) is 0 Å². The molecule has 1 fully saturated rings. The summed E-state index contributed by atoms with van der Waals surface area (Å²) in [6.07, 6.45) is 0.738. The fraction of sp³-hybridized carbons (Fsp3) is 0.176. The Labute approximate surface area is 132 Å².